The molecule has 2 unspecified atom stereocenters. The number of hydrogen-bond acceptors (Lipinski definition) is 4. The van der Waals surface area contributed by atoms with Gasteiger partial charge in [0.25, 0.3) is 0 Å². The monoisotopic (exact) mass is 223 g/mol. The number of rotatable bonds is 2. The molecule has 1 aromatic heterocycles. The van der Waals surface area contributed by atoms with E-state index in [-0.39, 0.29) is 18.0 Å². The summed E-state index contributed by atoms with van der Waals surface area (Å²) < 4.78 is 0. The van der Waals surface area contributed by atoms with Crippen LogP contribution in [0.4, 0.5) is 10.7 Å². The number of aliphatic hydroxyl groups excluding tert-OH is 1. The molecule has 0 saturated heterocycles. The first-order valence-electron chi connectivity index (χ1n) is 5.15. The van der Waals surface area contributed by atoms with Gasteiger partial charge in [0.05, 0.1) is 6.10 Å². The molecule has 1 aliphatic rings. The number of anilines is 1. The molecule has 2 rings (SSSR count). The van der Waals surface area contributed by atoms with Gasteiger partial charge < -0.3 is 10.2 Å². The zero-order valence-corrected chi connectivity index (χ0v) is 8.63. The van der Waals surface area contributed by atoms with Crippen LogP contribution in [-0.4, -0.2) is 32.4 Å². The maximum absolute atomic E-state index is 10.3. The fourth-order valence-corrected chi connectivity index (χ4v) is 1.97. The number of carboxylic acid groups (broad SMARTS) is 1. The summed E-state index contributed by atoms with van der Waals surface area (Å²) in [4.78, 5) is 18.1. The summed E-state index contributed by atoms with van der Waals surface area (Å²) in [6.45, 7) is 0. The van der Waals surface area contributed by atoms with Gasteiger partial charge in [-0.25, -0.2) is 14.8 Å². The molecule has 1 heterocycles. The van der Waals surface area contributed by atoms with Crippen molar-refractivity contribution in [1.82, 2.24) is 9.97 Å². The quantitative estimate of drug-likeness (QED) is 0.700. The Morgan fingerprint density at radius 3 is 2.56 bits per heavy atom. The minimum absolute atomic E-state index is 0.0785. The molecule has 0 bridgehead atoms. The summed E-state index contributed by atoms with van der Waals surface area (Å²) in [7, 11) is 0. The minimum atomic E-state index is -1.18. The van der Waals surface area contributed by atoms with Crippen molar-refractivity contribution in [2.75, 3.05) is 5.32 Å². The van der Waals surface area contributed by atoms with Crippen molar-refractivity contribution < 1.29 is 15.0 Å². The van der Waals surface area contributed by atoms with E-state index in [1.807, 2.05) is 0 Å². The lowest BCUT2D eigenvalue weighted by Gasteiger charge is -2.08. The van der Waals surface area contributed by atoms with Gasteiger partial charge in [-0.1, -0.05) is 0 Å². The van der Waals surface area contributed by atoms with E-state index in [1.165, 1.54) is 0 Å². The molecule has 86 valence electrons. The molecule has 0 radical (unpaired) electrons. The van der Waals surface area contributed by atoms with Crippen molar-refractivity contribution in [3.05, 3.63) is 18.0 Å². The Morgan fingerprint density at radius 2 is 2.06 bits per heavy atom. The molecule has 6 nitrogen and oxygen atoms in total. The molecule has 0 aliphatic heterocycles. The summed E-state index contributed by atoms with van der Waals surface area (Å²) in [5.41, 5.74) is 0.951. The van der Waals surface area contributed by atoms with E-state index in [4.69, 9.17) is 5.11 Å². The smallest absolute Gasteiger partial charge is 0.411 e. The molecule has 1 saturated carbocycles. The number of aromatic nitrogens is 2. The van der Waals surface area contributed by atoms with Gasteiger partial charge in [0, 0.05) is 12.4 Å². The average molecular weight is 223 g/mol. The predicted molar refractivity (Wildman–Crippen MR) is 56.3 cm³/mol. The second-order valence-corrected chi connectivity index (χ2v) is 3.93. The first-order chi connectivity index (χ1) is 7.65. The van der Waals surface area contributed by atoms with Crippen LogP contribution in [0.2, 0.25) is 0 Å². The van der Waals surface area contributed by atoms with Crippen LogP contribution < -0.4 is 5.32 Å². The Morgan fingerprint density at radius 1 is 1.38 bits per heavy atom. The highest BCUT2D eigenvalue weighted by Gasteiger charge is 2.24. The maximum Gasteiger partial charge on any atom is 0.411 e. The molecular formula is C10H13N3O3. The number of amides is 1. The van der Waals surface area contributed by atoms with Crippen LogP contribution in [0.3, 0.4) is 0 Å². The number of aliphatic hydroxyl groups is 1. The standard InChI is InChI=1S/C10H13N3O3/c14-8-2-1-6(3-8)7-4-11-9(12-5-7)13-10(15)16/h4-6,8,14H,1-3H2,(H,15,16)(H,11,12,13). The second-order valence-electron chi connectivity index (χ2n) is 3.93. The first-order valence-corrected chi connectivity index (χ1v) is 5.15. The molecule has 2 atom stereocenters. The Bertz CT molecular complexity index is 379. The molecule has 1 fully saturated rings. The van der Waals surface area contributed by atoms with Crippen LogP contribution >= 0.6 is 0 Å². The summed E-state index contributed by atoms with van der Waals surface area (Å²) in [5, 5.41) is 19.9. The molecule has 3 N–H and O–H groups in total. The van der Waals surface area contributed by atoms with E-state index in [0.29, 0.717) is 0 Å². The molecule has 0 aromatic carbocycles. The lowest BCUT2D eigenvalue weighted by molar-refractivity contribution is 0.181. The fourth-order valence-electron chi connectivity index (χ4n) is 1.97. The fraction of sp³-hybridized carbons (Fsp3) is 0.500. The Balaban J connectivity index is 2.04. The highest BCUT2D eigenvalue weighted by Crippen LogP contribution is 2.33. The SMILES string of the molecule is O=C(O)Nc1ncc(C2CCC(O)C2)cn1. The molecule has 1 aliphatic carbocycles. The molecule has 0 spiro atoms. The van der Waals surface area contributed by atoms with Gasteiger partial charge in [-0.2, -0.15) is 0 Å². The summed E-state index contributed by atoms with van der Waals surface area (Å²) in [6, 6.07) is 0. The van der Waals surface area contributed by atoms with Crippen LogP contribution in [-0.2, 0) is 0 Å². The van der Waals surface area contributed by atoms with Gasteiger partial charge in [-0.3, -0.25) is 5.32 Å². The predicted octanol–water partition coefficient (Wildman–Crippen LogP) is 1.19. The van der Waals surface area contributed by atoms with Crippen LogP contribution in [0.25, 0.3) is 0 Å². The summed E-state index contributed by atoms with van der Waals surface area (Å²) in [5.74, 6) is 0.365. The average Bonchev–Trinajstić information content (AvgIpc) is 2.65. The van der Waals surface area contributed by atoms with Crippen molar-refractivity contribution in [2.24, 2.45) is 0 Å². The molecule has 1 aromatic rings. The topological polar surface area (TPSA) is 95.3 Å². The summed E-state index contributed by atoms with van der Waals surface area (Å²) in [6.07, 6.45) is 4.28. The number of nitrogens with zero attached hydrogens (tertiary/aromatic N) is 2. The number of carbonyl (C=O) groups is 1. The molecule has 6 heteroatoms. The Hall–Kier alpha value is -1.69. The van der Waals surface area contributed by atoms with E-state index in [0.717, 1.165) is 24.8 Å². The normalized spacial score (nSPS) is 24.3. The van der Waals surface area contributed by atoms with Gasteiger partial charge >= 0.3 is 6.09 Å². The molecule has 16 heavy (non-hydrogen) atoms. The van der Waals surface area contributed by atoms with Crippen LogP contribution in [0.15, 0.2) is 12.4 Å². The van der Waals surface area contributed by atoms with Crippen LogP contribution in [0.5, 0.6) is 0 Å². The third-order valence-corrected chi connectivity index (χ3v) is 2.77. The molecular weight excluding hydrogens is 210 g/mol. The van der Waals surface area contributed by atoms with E-state index >= 15 is 0 Å². The van der Waals surface area contributed by atoms with Crippen molar-refractivity contribution in [3.8, 4) is 0 Å². The van der Waals surface area contributed by atoms with Gasteiger partial charge in [0.2, 0.25) is 5.95 Å². The van der Waals surface area contributed by atoms with Gasteiger partial charge in [-0.15, -0.1) is 0 Å². The van der Waals surface area contributed by atoms with Crippen molar-refractivity contribution in [2.45, 2.75) is 31.3 Å². The maximum atomic E-state index is 10.3. The Labute approximate surface area is 92.4 Å². The lowest BCUT2D eigenvalue weighted by atomic mass is 10.0. The highest BCUT2D eigenvalue weighted by atomic mass is 16.4. The van der Waals surface area contributed by atoms with Crippen molar-refractivity contribution in [1.29, 1.82) is 0 Å². The van der Waals surface area contributed by atoms with E-state index in [9.17, 15) is 9.90 Å². The van der Waals surface area contributed by atoms with Crippen molar-refractivity contribution in [3.63, 3.8) is 0 Å². The Kier molecular flexibility index (Phi) is 3.00. The van der Waals surface area contributed by atoms with E-state index in [1.54, 1.807) is 12.4 Å². The minimum Gasteiger partial charge on any atom is -0.465 e. The van der Waals surface area contributed by atoms with Gasteiger partial charge in [0.1, 0.15) is 0 Å². The van der Waals surface area contributed by atoms with Crippen LogP contribution in [0, 0.1) is 0 Å². The van der Waals surface area contributed by atoms with Gasteiger partial charge in [-0.05, 0) is 30.7 Å². The zero-order valence-electron chi connectivity index (χ0n) is 8.63. The number of hydrogen-bond donors (Lipinski definition) is 3. The third-order valence-electron chi connectivity index (χ3n) is 2.77. The third kappa shape index (κ3) is 2.46. The van der Waals surface area contributed by atoms with E-state index < -0.39 is 6.09 Å². The largest absolute Gasteiger partial charge is 0.465 e. The second kappa shape index (κ2) is 4.44. The van der Waals surface area contributed by atoms with Gasteiger partial charge in [0.15, 0.2) is 0 Å². The first kappa shape index (κ1) is 10.8. The zero-order chi connectivity index (χ0) is 11.5. The number of nitrogens with one attached hydrogen (secondary N) is 1. The lowest BCUT2D eigenvalue weighted by Crippen LogP contribution is -2.10. The van der Waals surface area contributed by atoms with Crippen molar-refractivity contribution >= 4 is 12.0 Å². The van der Waals surface area contributed by atoms with Crippen LogP contribution in [0.1, 0.15) is 30.7 Å². The molecule has 1 amide bonds. The highest BCUT2D eigenvalue weighted by molar-refractivity contribution is 5.80. The summed E-state index contributed by atoms with van der Waals surface area (Å²) >= 11 is 0. The van der Waals surface area contributed by atoms with E-state index in [2.05, 4.69) is 15.3 Å².